The highest BCUT2D eigenvalue weighted by Crippen LogP contribution is 2.25. The van der Waals surface area contributed by atoms with Crippen LogP contribution in [0.3, 0.4) is 0 Å². The molecule has 1 amide bonds. The molecule has 3 rings (SSSR count). The first-order chi connectivity index (χ1) is 10.8. The van der Waals surface area contributed by atoms with Crippen molar-refractivity contribution in [3.8, 4) is 0 Å². The Morgan fingerprint density at radius 2 is 2.05 bits per heavy atom. The van der Waals surface area contributed by atoms with Crippen molar-refractivity contribution >= 4 is 34.1 Å². The van der Waals surface area contributed by atoms with Gasteiger partial charge in [-0.3, -0.25) is 15.1 Å². The van der Waals surface area contributed by atoms with Gasteiger partial charge in [0.2, 0.25) is 0 Å². The molecule has 2 aromatic heterocycles. The fourth-order valence-electron chi connectivity index (χ4n) is 1.77. The molecule has 4 nitrogen and oxygen atoms in total. The van der Waals surface area contributed by atoms with E-state index in [-0.39, 0.29) is 5.91 Å². The molecule has 1 aromatic carbocycles. The van der Waals surface area contributed by atoms with E-state index in [0.717, 1.165) is 11.4 Å². The Morgan fingerprint density at radius 3 is 2.82 bits per heavy atom. The maximum Gasteiger partial charge on any atom is 0.259 e. The van der Waals surface area contributed by atoms with E-state index in [1.54, 1.807) is 30.1 Å². The SMILES string of the molecule is O=C(Nc1nc(CSc2ccccc2)cs1)c1cccnc1. The molecule has 0 bridgehead atoms. The molecule has 0 aliphatic heterocycles. The summed E-state index contributed by atoms with van der Waals surface area (Å²) >= 11 is 3.15. The average molecular weight is 327 g/mol. The lowest BCUT2D eigenvalue weighted by Crippen LogP contribution is -2.11. The summed E-state index contributed by atoms with van der Waals surface area (Å²) in [5.41, 5.74) is 1.48. The van der Waals surface area contributed by atoms with E-state index in [1.807, 2.05) is 23.6 Å². The van der Waals surface area contributed by atoms with Crippen molar-refractivity contribution in [1.29, 1.82) is 0 Å². The molecular weight excluding hydrogens is 314 g/mol. The van der Waals surface area contributed by atoms with Gasteiger partial charge in [0, 0.05) is 28.4 Å². The zero-order valence-electron chi connectivity index (χ0n) is 11.6. The molecule has 6 heteroatoms. The van der Waals surface area contributed by atoms with Crippen LogP contribution in [0.15, 0.2) is 65.1 Å². The summed E-state index contributed by atoms with van der Waals surface area (Å²) in [4.78, 5) is 21.6. The molecule has 0 atom stereocenters. The summed E-state index contributed by atoms with van der Waals surface area (Å²) in [6, 6.07) is 13.6. The van der Waals surface area contributed by atoms with E-state index in [0.29, 0.717) is 10.7 Å². The van der Waals surface area contributed by atoms with Crippen LogP contribution in [0.5, 0.6) is 0 Å². The lowest BCUT2D eigenvalue weighted by Gasteiger charge is -2.00. The number of amides is 1. The second-order valence-electron chi connectivity index (χ2n) is 4.44. The van der Waals surface area contributed by atoms with Gasteiger partial charge in [0.1, 0.15) is 0 Å². The van der Waals surface area contributed by atoms with Crippen LogP contribution in [0, 0.1) is 0 Å². The number of pyridine rings is 1. The first kappa shape index (κ1) is 14.7. The van der Waals surface area contributed by atoms with Crippen LogP contribution in [0.4, 0.5) is 5.13 Å². The molecule has 3 aromatic rings. The van der Waals surface area contributed by atoms with Crippen molar-refractivity contribution in [2.24, 2.45) is 0 Å². The van der Waals surface area contributed by atoms with E-state index in [4.69, 9.17) is 0 Å². The minimum atomic E-state index is -0.190. The van der Waals surface area contributed by atoms with Gasteiger partial charge in [-0.2, -0.15) is 0 Å². The third-order valence-corrected chi connectivity index (χ3v) is 4.68. The summed E-state index contributed by atoms with van der Waals surface area (Å²) in [5.74, 6) is 0.591. The Morgan fingerprint density at radius 1 is 1.18 bits per heavy atom. The molecule has 0 spiro atoms. The van der Waals surface area contributed by atoms with Gasteiger partial charge in [-0.25, -0.2) is 4.98 Å². The Hall–Kier alpha value is -2.18. The highest BCUT2D eigenvalue weighted by molar-refractivity contribution is 7.98. The third-order valence-electron chi connectivity index (χ3n) is 2.83. The number of thioether (sulfide) groups is 1. The second kappa shape index (κ2) is 7.20. The predicted molar refractivity (Wildman–Crippen MR) is 90.3 cm³/mol. The zero-order chi connectivity index (χ0) is 15.2. The third kappa shape index (κ3) is 3.93. The van der Waals surface area contributed by atoms with Crippen molar-refractivity contribution in [2.75, 3.05) is 5.32 Å². The summed E-state index contributed by atoms with van der Waals surface area (Å²) in [6.07, 6.45) is 3.17. The minimum Gasteiger partial charge on any atom is -0.298 e. The fourth-order valence-corrected chi connectivity index (χ4v) is 3.39. The molecule has 0 aliphatic carbocycles. The molecule has 22 heavy (non-hydrogen) atoms. The van der Waals surface area contributed by atoms with E-state index in [1.165, 1.54) is 22.4 Å². The Bertz CT molecular complexity index is 744. The van der Waals surface area contributed by atoms with Crippen molar-refractivity contribution in [3.05, 3.63) is 71.5 Å². The van der Waals surface area contributed by atoms with E-state index in [9.17, 15) is 4.79 Å². The number of aromatic nitrogens is 2. The monoisotopic (exact) mass is 327 g/mol. The number of hydrogen-bond acceptors (Lipinski definition) is 5. The van der Waals surface area contributed by atoms with E-state index in [2.05, 4.69) is 27.4 Å². The maximum atomic E-state index is 12.0. The molecule has 110 valence electrons. The summed E-state index contributed by atoms with van der Waals surface area (Å²) < 4.78 is 0. The highest BCUT2D eigenvalue weighted by Gasteiger charge is 2.09. The number of benzene rings is 1. The van der Waals surface area contributed by atoms with Gasteiger partial charge in [-0.05, 0) is 24.3 Å². The summed E-state index contributed by atoms with van der Waals surface area (Å²) in [5, 5.41) is 5.37. The van der Waals surface area contributed by atoms with Crippen molar-refractivity contribution < 1.29 is 4.79 Å². The van der Waals surface area contributed by atoms with Crippen LogP contribution < -0.4 is 5.32 Å². The maximum absolute atomic E-state index is 12.0. The number of nitrogens with one attached hydrogen (secondary N) is 1. The molecule has 1 N–H and O–H groups in total. The number of anilines is 1. The molecule has 0 saturated carbocycles. The van der Waals surface area contributed by atoms with Gasteiger partial charge < -0.3 is 0 Å². The van der Waals surface area contributed by atoms with Gasteiger partial charge in [0.25, 0.3) is 5.91 Å². The van der Waals surface area contributed by atoms with Crippen molar-refractivity contribution in [3.63, 3.8) is 0 Å². The molecule has 0 saturated heterocycles. The van der Waals surface area contributed by atoms with Crippen LogP contribution in [0.25, 0.3) is 0 Å². The standard InChI is InChI=1S/C16H13N3OS2/c20-15(12-5-4-8-17-9-12)19-16-18-13(11-22-16)10-21-14-6-2-1-3-7-14/h1-9,11H,10H2,(H,18,19,20). The highest BCUT2D eigenvalue weighted by atomic mass is 32.2. The number of hydrogen-bond donors (Lipinski definition) is 1. The van der Waals surface area contributed by atoms with Crippen LogP contribution in [-0.2, 0) is 5.75 Å². The number of carbonyl (C=O) groups is 1. The molecule has 0 aliphatic rings. The van der Waals surface area contributed by atoms with Gasteiger partial charge in [-0.15, -0.1) is 23.1 Å². The van der Waals surface area contributed by atoms with Gasteiger partial charge in [0.15, 0.2) is 5.13 Å². The van der Waals surface area contributed by atoms with Crippen LogP contribution in [0.1, 0.15) is 16.1 Å². The number of rotatable bonds is 5. The Labute approximate surface area is 136 Å². The topological polar surface area (TPSA) is 54.9 Å². The Kier molecular flexibility index (Phi) is 4.82. The number of nitrogens with zero attached hydrogens (tertiary/aromatic N) is 2. The van der Waals surface area contributed by atoms with E-state index < -0.39 is 0 Å². The molecule has 0 unspecified atom stereocenters. The van der Waals surface area contributed by atoms with Gasteiger partial charge in [-0.1, -0.05) is 18.2 Å². The number of thiazole rings is 1. The Balaban J connectivity index is 1.58. The minimum absolute atomic E-state index is 0.190. The summed E-state index contributed by atoms with van der Waals surface area (Å²) in [6.45, 7) is 0. The first-order valence-electron chi connectivity index (χ1n) is 6.65. The molecule has 0 fully saturated rings. The fraction of sp³-hybridized carbons (Fsp3) is 0.0625. The molecule has 2 heterocycles. The van der Waals surface area contributed by atoms with Gasteiger partial charge in [0.05, 0.1) is 11.3 Å². The normalized spacial score (nSPS) is 10.4. The first-order valence-corrected chi connectivity index (χ1v) is 8.51. The average Bonchev–Trinajstić information content (AvgIpc) is 3.02. The quantitative estimate of drug-likeness (QED) is 0.717. The van der Waals surface area contributed by atoms with Crippen LogP contribution in [-0.4, -0.2) is 15.9 Å². The molecule has 0 radical (unpaired) electrons. The number of carbonyl (C=O) groups excluding carboxylic acids is 1. The second-order valence-corrected chi connectivity index (χ2v) is 6.35. The van der Waals surface area contributed by atoms with Crippen LogP contribution >= 0.6 is 23.1 Å². The largest absolute Gasteiger partial charge is 0.298 e. The molecular formula is C16H13N3OS2. The predicted octanol–water partition coefficient (Wildman–Crippen LogP) is 4.08. The van der Waals surface area contributed by atoms with Crippen molar-refractivity contribution in [2.45, 2.75) is 10.6 Å². The van der Waals surface area contributed by atoms with Gasteiger partial charge >= 0.3 is 0 Å². The van der Waals surface area contributed by atoms with E-state index >= 15 is 0 Å². The summed E-state index contributed by atoms with van der Waals surface area (Å²) in [7, 11) is 0. The smallest absolute Gasteiger partial charge is 0.259 e. The van der Waals surface area contributed by atoms with Crippen molar-refractivity contribution in [1.82, 2.24) is 9.97 Å². The zero-order valence-corrected chi connectivity index (χ0v) is 13.2. The lowest BCUT2D eigenvalue weighted by molar-refractivity contribution is 0.102. The lowest BCUT2D eigenvalue weighted by atomic mass is 10.3. The van der Waals surface area contributed by atoms with Crippen LogP contribution in [0.2, 0.25) is 0 Å².